The first-order chi connectivity index (χ1) is 60.1. The van der Waals surface area contributed by atoms with Gasteiger partial charge in [-0.3, -0.25) is 43.7 Å². The van der Waals surface area contributed by atoms with Crippen LogP contribution in [0.15, 0.2) is 130 Å². The summed E-state index contributed by atoms with van der Waals surface area (Å²) in [5.74, 6) is -12.0. The van der Waals surface area contributed by atoms with Gasteiger partial charge >= 0.3 is 30.1 Å². The van der Waals surface area contributed by atoms with Gasteiger partial charge in [-0.05, 0) is 182 Å². The number of methoxy groups -OCH3 is 2. The smallest absolute Gasteiger partial charge is 0.411 e. The molecule has 11 rings (SSSR count). The lowest BCUT2D eigenvalue weighted by Crippen LogP contribution is -2.62. The van der Waals surface area contributed by atoms with Gasteiger partial charge in [0.15, 0.2) is 41.5 Å². The predicted molar refractivity (Wildman–Crippen MR) is 468 cm³/mol. The highest BCUT2D eigenvalue weighted by atomic mass is 19.1. The summed E-state index contributed by atoms with van der Waals surface area (Å²) in [7, 11) is 10.3. The Balaban J connectivity index is 0.000000266. The van der Waals surface area contributed by atoms with Crippen molar-refractivity contribution in [2.24, 2.45) is 41.4 Å². The second-order valence-electron chi connectivity index (χ2n) is 36.4. The quantitative estimate of drug-likeness (QED) is 0.0177. The third-order valence-electron chi connectivity index (χ3n) is 26.9. The zero-order valence-corrected chi connectivity index (χ0v) is 77.4. The van der Waals surface area contributed by atoms with Crippen molar-refractivity contribution in [2.75, 3.05) is 55.5 Å². The van der Waals surface area contributed by atoms with Gasteiger partial charge in [-0.1, -0.05) is 86.7 Å². The number of ketones is 4. The highest BCUT2D eigenvalue weighted by Crippen LogP contribution is 2.48. The van der Waals surface area contributed by atoms with Crippen molar-refractivity contribution >= 4 is 53.2 Å². The number of fused-ring (bicyclic) bond motifs is 2. The number of unbranched alkanes of at least 4 members (excludes halogenated alkanes) is 2. The van der Waals surface area contributed by atoms with Crippen LogP contribution in [0, 0.1) is 41.4 Å². The summed E-state index contributed by atoms with van der Waals surface area (Å²) in [6.45, 7) is 32.7. The number of imidazole rings is 2. The highest BCUT2D eigenvalue weighted by molar-refractivity contribution is 6.08. The minimum Gasteiger partial charge on any atom is -0.457 e. The fourth-order valence-electron chi connectivity index (χ4n) is 19.7. The Morgan fingerprint density at radius 1 is 0.583 bits per heavy atom. The fraction of sp³-hybridized carbons (Fsp3) is 0.632. The van der Waals surface area contributed by atoms with E-state index in [1.807, 2.05) is 97.6 Å². The standard InChI is InChI=1S/C51H69N5O11.C44H64FN5O10/c1-12-40-51(13-2)44(56(49(61)67-51)25-18-17-24-55-29-38(53-30-55)37-22-19-23-52-28-37)33(5)41(57)31(3)27-50(8,62-11)45(34(6)42(58)35(7)46(59)64-40)66-48-43(39(54(9)10)26-32(4)63-48)65-47(60)36-20-15-14-16-21-36;1-12-33-44(13-2)36(50(41(55)60-44)20-15-14-19-49-24-31(47-25-49)30-17-16-18-46-23-30)28(5)34(51)26(3)22-42(7,56-11)38(29(6)37(53)43(8,45)40(54)58-33)59-39-35(52)32(48(9)10)21-27(4)57-39/h13-16,19-23,28-35,39-40,43-45,48H,2,12,17-18,24-27H2,1,3-11H3;13,16-18,23-29,32-33,35-36,38-39,52H,2,12,14-15,19-22H2,1,3-11H3/t31-,32-,33+,34+,35-,39+,40-,43-,44-,45-,48?,50+,51-;26-,27-,28+,29+,32+,33-,35-,36-,38-,39?,42+,43+,44-/m11/s1. The molecule has 5 aromatic rings. The number of halogens is 1. The monoisotopic (exact) mass is 1770 g/mol. The number of carbonyl (C=O) groups is 9. The lowest BCUT2D eigenvalue weighted by molar-refractivity contribution is -0.295. The van der Waals surface area contributed by atoms with Gasteiger partial charge in [0.1, 0.15) is 35.8 Å². The molecule has 31 nitrogen and oxygen atoms in total. The molecular formula is C95H133FN10O21. The van der Waals surface area contributed by atoms with Crippen LogP contribution in [0.2, 0.25) is 0 Å². The van der Waals surface area contributed by atoms with Crippen molar-refractivity contribution in [2.45, 2.75) is 288 Å². The largest absolute Gasteiger partial charge is 0.457 e. The average Bonchev–Trinajstić information content (AvgIpc) is 1.60. The summed E-state index contributed by atoms with van der Waals surface area (Å²) in [6.07, 6.45) is 9.15. The van der Waals surface area contributed by atoms with Crippen LogP contribution in [0.3, 0.4) is 0 Å². The number of hydrogen-bond acceptors (Lipinski definition) is 27. The average molecular weight is 1770 g/mol. The van der Waals surface area contributed by atoms with Crippen LogP contribution in [-0.2, 0) is 94.0 Å². The third kappa shape index (κ3) is 21.6. The number of carbonyl (C=O) groups excluding carboxylic acids is 9. The number of cyclic esters (lactones) is 2. The van der Waals surface area contributed by atoms with E-state index in [9.17, 15) is 43.5 Å². The first-order valence-electron chi connectivity index (χ1n) is 44.5. The van der Waals surface area contributed by atoms with E-state index in [1.165, 1.54) is 45.1 Å². The molecule has 6 saturated heterocycles. The molecule has 0 bridgehead atoms. The van der Waals surface area contributed by atoms with E-state index in [4.69, 9.17) is 52.1 Å². The molecule has 6 aliphatic rings. The van der Waals surface area contributed by atoms with Crippen molar-refractivity contribution in [3.05, 3.63) is 135 Å². The summed E-state index contributed by atoms with van der Waals surface area (Å²) in [6, 6.07) is 13.5. The summed E-state index contributed by atoms with van der Waals surface area (Å²) >= 11 is 0. The van der Waals surface area contributed by atoms with Crippen molar-refractivity contribution in [3.8, 4) is 22.5 Å². The van der Waals surface area contributed by atoms with Crippen LogP contribution >= 0.6 is 0 Å². The van der Waals surface area contributed by atoms with Gasteiger partial charge in [-0.25, -0.2) is 33.5 Å². The number of esters is 3. The SMILES string of the molecule is C=C[C@]12OC(=O)N(CCCCn3cnc(-c4cccnc4)c3)[C@@H]1[C@@H](C)C(=O)[C@H](C)C[C@](C)(OC)[C@H](OC1O[C@H](C)C[C@H](N(C)C)[C@H]1O)[C@@H](C)C(=O)[C@](C)(F)C(=O)O[C@@H]2CC.C=C[C@]12OC(=O)N(CCCCn3cnc(-c4cccnc4)c3)[C@@H]1[C@@H](C)C(=O)[C@H](C)C[C@](C)(OC)[C@H](OC1O[C@H](C)C[C@H](N(C)C)[C@H]1OC(=O)c1ccccc1)[C@@H](C)C(=O)[C@@H](C)C(=O)O[C@@H]2CC. The molecule has 10 heterocycles. The third-order valence-corrected chi connectivity index (χ3v) is 26.9. The molecule has 6 aliphatic heterocycles. The zero-order chi connectivity index (χ0) is 93.1. The maximum absolute atomic E-state index is 17.0. The minimum absolute atomic E-state index is 0.0242. The number of aliphatic hydroxyl groups excluding tert-OH is 1. The maximum Gasteiger partial charge on any atom is 0.411 e. The Morgan fingerprint density at radius 2 is 1.02 bits per heavy atom. The molecule has 0 spiro atoms. The van der Waals surface area contributed by atoms with Crippen molar-refractivity contribution in [1.82, 2.24) is 48.7 Å². The number of pyridine rings is 2. The summed E-state index contributed by atoms with van der Waals surface area (Å²) in [5, 5.41) is 11.4. The van der Waals surface area contributed by atoms with E-state index in [1.54, 1.807) is 135 Å². The van der Waals surface area contributed by atoms with Gasteiger partial charge in [-0.15, -0.1) is 0 Å². The number of aryl methyl sites for hydroxylation is 2. The molecule has 696 valence electrons. The van der Waals surface area contributed by atoms with Gasteiger partial charge in [-0.2, -0.15) is 0 Å². The Bertz CT molecular complexity index is 4610. The molecule has 32 heteroatoms. The molecule has 127 heavy (non-hydrogen) atoms. The number of aromatic nitrogens is 6. The second kappa shape index (κ2) is 42.5. The summed E-state index contributed by atoms with van der Waals surface area (Å²) < 4.78 is 89.9. The lowest BCUT2D eigenvalue weighted by atomic mass is 9.72. The second-order valence-corrected chi connectivity index (χ2v) is 36.4. The molecular weight excluding hydrogens is 1640 g/mol. The molecule has 0 saturated carbocycles. The number of ether oxygens (including phenoxy) is 11. The van der Waals surface area contributed by atoms with E-state index in [-0.39, 0.29) is 74.6 Å². The Hall–Kier alpha value is -9.38. The Labute approximate surface area is 745 Å². The molecule has 2 unspecified atom stereocenters. The van der Waals surface area contributed by atoms with Crippen LogP contribution in [-0.4, -0.2) is 276 Å². The number of rotatable bonds is 26. The van der Waals surface area contributed by atoms with Gasteiger partial charge in [0, 0.05) is 130 Å². The number of aliphatic hydroxyl groups is 1. The molecule has 1 aromatic carbocycles. The summed E-state index contributed by atoms with van der Waals surface area (Å²) in [4.78, 5) is 153. The van der Waals surface area contributed by atoms with Crippen LogP contribution < -0.4 is 0 Å². The topological polar surface area (TPSA) is 350 Å². The number of amides is 2. The maximum atomic E-state index is 17.0. The molecule has 0 aliphatic carbocycles. The molecule has 0 radical (unpaired) electrons. The van der Waals surface area contributed by atoms with Gasteiger partial charge in [0.2, 0.25) is 0 Å². The highest BCUT2D eigenvalue weighted by Gasteiger charge is 2.65. The number of Topliss-reactive ketones (excluding diaryl/α,β-unsaturated/α-hetero) is 4. The molecule has 2 amide bonds. The molecule has 1 N–H and O–H groups in total. The first-order valence-corrected chi connectivity index (χ1v) is 44.5. The number of likely N-dealkylation sites (N-methyl/N-ethyl adjacent to an activating group) is 2. The fourth-order valence-corrected chi connectivity index (χ4v) is 19.7. The van der Waals surface area contributed by atoms with Crippen molar-refractivity contribution < 1.29 is 105 Å². The van der Waals surface area contributed by atoms with Crippen LogP contribution in [0.25, 0.3) is 22.5 Å². The van der Waals surface area contributed by atoms with Gasteiger partial charge in [0.05, 0.1) is 83.3 Å². The number of alkyl halides is 1. The van der Waals surface area contributed by atoms with E-state index in [0.717, 1.165) is 29.4 Å². The van der Waals surface area contributed by atoms with Crippen molar-refractivity contribution in [1.29, 1.82) is 0 Å². The van der Waals surface area contributed by atoms with E-state index < -0.39 is 172 Å². The lowest BCUT2D eigenvalue weighted by Gasteiger charge is -2.47. The first kappa shape index (κ1) is 99.8. The van der Waals surface area contributed by atoms with Crippen LogP contribution in [0.1, 0.15) is 171 Å². The number of nitrogens with zero attached hydrogens (tertiary/aromatic N) is 10. The molecule has 26 atom stereocenters. The van der Waals surface area contributed by atoms with E-state index >= 15 is 9.18 Å². The van der Waals surface area contributed by atoms with Crippen molar-refractivity contribution in [3.63, 3.8) is 0 Å². The number of hydrogen-bond donors (Lipinski definition) is 1. The van der Waals surface area contributed by atoms with Gasteiger partial charge < -0.3 is 76.1 Å². The summed E-state index contributed by atoms with van der Waals surface area (Å²) in [5.41, 5.74) is -5.75. The normalized spacial score (nSPS) is 35.0. The zero-order valence-electron chi connectivity index (χ0n) is 77.4. The van der Waals surface area contributed by atoms with E-state index in [2.05, 4.69) is 33.1 Å². The minimum atomic E-state index is -3.21. The van der Waals surface area contributed by atoms with Gasteiger partial charge in [0.25, 0.3) is 5.67 Å². The number of benzene rings is 1. The molecule has 6 fully saturated rings. The Morgan fingerprint density at radius 3 is 1.46 bits per heavy atom. The Kier molecular flexibility index (Phi) is 33.4. The van der Waals surface area contributed by atoms with Crippen LogP contribution in [0.4, 0.5) is 14.0 Å². The predicted octanol–water partition coefficient (Wildman–Crippen LogP) is 12.1. The van der Waals surface area contributed by atoms with Crippen LogP contribution in [0.5, 0.6) is 0 Å². The molecule has 4 aromatic heterocycles. The van der Waals surface area contributed by atoms with E-state index in [0.29, 0.717) is 57.2 Å².